The van der Waals surface area contributed by atoms with Gasteiger partial charge in [0, 0.05) is 23.9 Å². The van der Waals surface area contributed by atoms with E-state index in [-0.39, 0.29) is 12.4 Å². The van der Waals surface area contributed by atoms with Gasteiger partial charge in [-0.2, -0.15) is 0 Å². The van der Waals surface area contributed by atoms with E-state index < -0.39 is 0 Å². The number of aryl methyl sites for hydroxylation is 1. The van der Waals surface area contributed by atoms with Crippen LogP contribution in [-0.2, 0) is 0 Å². The molecule has 114 valence electrons. The highest BCUT2D eigenvalue weighted by molar-refractivity contribution is 5.97. The molecule has 0 amide bonds. The number of hydrogen-bond donors (Lipinski definition) is 1. The molecule has 0 unspecified atom stereocenters. The first-order valence-electron chi connectivity index (χ1n) is 7.17. The zero-order valence-corrected chi connectivity index (χ0v) is 13.3. The van der Waals surface area contributed by atoms with Crippen molar-refractivity contribution in [2.24, 2.45) is 0 Å². The van der Waals surface area contributed by atoms with Gasteiger partial charge in [-0.1, -0.05) is 58.1 Å². The van der Waals surface area contributed by atoms with Gasteiger partial charge in [-0.05, 0) is 11.1 Å². The van der Waals surface area contributed by atoms with E-state index in [2.05, 4.69) is 22.2 Å². The van der Waals surface area contributed by atoms with Gasteiger partial charge in [0.1, 0.15) is 0 Å². The quantitative estimate of drug-likeness (QED) is 0.394. The first-order valence-corrected chi connectivity index (χ1v) is 7.17. The summed E-state index contributed by atoms with van der Waals surface area (Å²) in [5.41, 5.74) is 10.00. The maximum atomic E-state index is 6.15. The Balaban J connectivity index is 0.00000156. The molecule has 4 rings (SSSR count). The van der Waals surface area contributed by atoms with Gasteiger partial charge in [-0.25, -0.2) is 0 Å². The van der Waals surface area contributed by atoms with Crippen molar-refractivity contribution in [3.63, 3.8) is 0 Å². The summed E-state index contributed by atoms with van der Waals surface area (Å²) in [6.07, 6.45) is 0. The summed E-state index contributed by atoms with van der Waals surface area (Å²) >= 11 is 0. The van der Waals surface area contributed by atoms with Crippen LogP contribution in [0.15, 0.2) is 60.7 Å². The van der Waals surface area contributed by atoms with Crippen molar-refractivity contribution in [2.75, 3.05) is 5.73 Å². The lowest BCUT2D eigenvalue weighted by Crippen LogP contribution is -3.00. The molecule has 4 nitrogen and oxygen atoms in total. The van der Waals surface area contributed by atoms with E-state index in [1.165, 1.54) is 0 Å². The third-order valence-electron chi connectivity index (χ3n) is 3.78. The molecule has 0 radical (unpaired) electrons. The molecule has 2 aromatic carbocycles. The summed E-state index contributed by atoms with van der Waals surface area (Å²) < 4.78 is 1.83. The molecule has 0 bridgehead atoms. The number of nitrogens with zero attached hydrogens (tertiary/aromatic N) is 3. The number of anilines is 1. The minimum atomic E-state index is 0. The Bertz CT molecular complexity index is 1000. The SMILES string of the molecule is Cc1cc(-c2ccccc2)[n+]2nc(N)c3ccccc3c2n1.[Cl-]. The van der Waals surface area contributed by atoms with Gasteiger partial charge in [0.15, 0.2) is 17.2 Å². The summed E-state index contributed by atoms with van der Waals surface area (Å²) in [5, 5.41) is 6.49. The van der Waals surface area contributed by atoms with Crippen molar-refractivity contribution >= 4 is 22.2 Å². The topological polar surface area (TPSA) is 55.9 Å². The monoisotopic (exact) mass is 322 g/mol. The average Bonchev–Trinajstić information content (AvgIpc) is 2.56. The molecule has 2 N–H and O–H groups in total. The van der Waals surface area contributed by atoms with Gasteiger partial charge in [0.25, 0.3) is 0 Å². The Morgan fingerprint density at radius 1 is 0.913 bits per heavy atom. The van der Waals surface area contributed by atoms with Crippen LogP contribution >= 0.6 is 0 Å². The highest BCUT2D eigenvalue weighted by Gasteiger charge is 2.19. The number of hydrogen-bond acceptors (Lipinski definition) is 3. The van der Waals surface area contributed by atoms with Gasteiger partial charge in [-0.15, -0.1) is 0 Å². The fourth-order valence-corrected chi connectivity index (χ4v) is 2.77. The fraction of sp³-hybridized carbons (Fsp3) is 0.0556. The molecule has 2 aromatic heterocycles. The number of halogens is 1. The smallest absolute Gasteiger partial charge is 0.357 e. The Kier molecular flexibility index (Phi) is 3.84. The van der Waals surface area contributed by atoms with Crippen molar-refractivity contribution in [3.8, 4) is 11.3 Å². The Morgan fingerprint density at radius 2 is 1.57 bits per heavy atom. The maximum Gasteiger partial charge on any atom is 0.357 e. The van der Waals surface area contributed by atoms with Crippen LogP contribution < -0.4 is 22.7 Å². The Morgan fingerprint density at radius 3 is 2.30 bits per heavy atom. The van der Waals surface area contributed by atoms with Crippen LogP contribution in [0.25, 0.3) is 27.7 Å². The van der Waals surface area contributed by atoms with Gasteiger partial charge in [-0.3, -0.25) is 0 Å². The normalized spacial score (nSPS) is 10.7. The van der Waals surface area contributed by atoms with Gasteiger partial charge < -0.3 is 18.1 Å². The summed E-state index contributed by atoms with van der Waals surface area (Å²) in [5.74, 6) is 0.510. The lowest BCUT2D eigenvalue weighted by Gasteiger charge is -2.05. The molecule has 0 saturated heterocycles. The van der Waals surface area contributed by atoms with Gasteiger partial charge in [0.05, 0.1) is 5.39 Å². The highest BCUT2D eigenvalue weighted by atomic mass is 35.5. The Labute approximate surface area is 140 Å². The standard InChI is InChI=1S/C18H15N4.ClH/c1-12-11-16(13-7-3-2-4-8-13)22-18(20-12)15-10-6-5-9-14(15)17(19)21-22;/h2-11H,1H3,(H2,19,21);1H/q+1;/p-1. The minimum Gasteiger partial charge on any atom is -1.00 e. The van der Waals surface area contributed by atoms with Crippen LogP contribution in [-0.4, -0.2) is 10.1 Å². The number of nitrogen functional groups attached to an aromatic ring is 1. The third kappa shape index (κ3) is 2.47. The molecule has 0 saturated carbocycles. The van der Waals surface area contributed by atoms with Crippen molar-refractivity contribution in [3.05, 3.63) is 66.4 Å². The minimum absolute atomic E-state index is 0. The zero-order valence-electron chi connectivity index (χ0n) is 12.6. The van der Waals surface area contributed by atoms with Crippen LogP contribution in [0.4, 0.5) is 5.82 Å². The summed E-state index contributed by atoms with van der Waals surface area (Å²) in [4.78, 5) is 4.68. The summed E-state index contributed by atoms with van der Waals surface area (Å²) in [7, 11) is 0. The van der Waals surface area contributed by atoms with E-state index in [4.69, 9.17) is 5.73 Å². The largest absolute Gasteiger partial charge is 1.00 e. The number of rotatable bonds is 1. The van der Waals surface area contributed by atoms with E-state index in [0.717, 1.165) is 33.4 Å². The van der Waals surface area contributed by atoms with E-state index in [1.54, 1.807) is 0 Å². The van der Waals surface area contributed by atoms with E-state index >= 15 is 0 Å². The molecule has 0 aliphatic carbocycles. The second kappa shape index (κ2) is 5.82. The molecular formula is C18H15ClN4. The zero-order chi connectivity index (χ0) is 15.1. The molecule has 0 spiro atoms. The van der Waals surface area contributed by atoms with Crippen molar-refractivity contribution in [1.29, 1.82) is 0 Å². The molecule has 0 fully saturated rings. The number of fused-ring (bicyclic) bond motifs is 3. The van der Waals surface area contributed by atoms with E-state index in [1.807, 2.05) is 60.0 Å². The lowest BCUT2D eigenvalue weighted by molar-refractivity contribution is -0.569. The van der Waals surface area contributed by atoms with Crippen LogP contribution in [0, 0.1) is 6.92 Å². The predicted molar refractivity (Wildman–Crippen MR) is 87.3 cm³/mol. The second-order valence-electron chi connectivity index (χ2n) is 5.32. The van der Waals surface area contributed by atoms with Crippen LogP contribution in [0.5, 0.6) is 0 Å². The summed E-state index contributed by atoms with van der Waals surface area (Å²) in [6.45, 7) is 2.00. The second-order valence-corrected chi connectivity index (χ2v) is 5.32. The first-order chi connectivity index (χ1) is 10.7. The molecule has 0 aliphatic rings. The highest BCUT2D eigenvalue weighted by Crippen LogP contribution is 2.23. The average molecular weight is 323 g/mol. The Hall–Kier alpha value is -2.72. The number of aromatic nitrogens is 3. The van der Waals surface area contributed by atoms with Crippen LogP contribution in [0.3, 0.4) is 0 Å². The predicted octanol–water partition coefficient (Wildman–Crippen LogP) is -0.0699. The first kappa shape index (κ1) is 15.2. The summed E-state index contributed by atoms with van der Waals surface area (Å²) in [6, 6.07) is 20.2. The molecule has 2 heterocycles. The van der Waals surface area contributed by atoms with Crippen LogP contribution in [0.1, 0.15) is 5.69 Å². The van der Waals surface area contributed by atoms with E-state index in [9.17, 15) is 0 Å². The van der Waals surface area contributed by atoms with Crippen molar-refractivity contribution in [2.45, 2.75) is 6.92 Å². The lowest BCUT2D eigenvalue weighted by atomic mass is 10.1. The van der Waals surface area contributed by atoms with Crippen molar-refractivity contribution in [1.82, 2.24) is 10.1 Å². The van der Waals surface area contributed by atoms with Crippen LogP contribution in [0.2, 0.25) is 0 Å². The van der Waals surface area contributed by atoms with Crippen molar-refractivity contribution < 1.29 is 16.9 Å². The van der Waals surface area contributed by atoms with Gasteiger partial charge in [0.2, 0.25) is 0 Å². The van der Waals surface area contributed by atoms with Gasteiger partial charge >= 0.3 is 5.65 Å². The third-order valence-corrected chi connectivity index (χ3v) is 3.78. The maximum absolute atomic E-state index is 6.15. The molecule has 0 atom stereocenters. The number of benzene rings is 2. The molecule has 23 heavy (non-hydrogen) atoms. The molecule has 0 aliphatic heterocycles. The number of nitrogens with two attached hydrogens (primary N) is 1. The van der Waals surface area contributed by atoms with E-state index in [0.29, 0.717) is 5.82 Å². The molecule has 4 aromatic rings. The fourth-order valence-electron chi connectivity index (χ4n) is 2.77. The molecule has 5 heteroatoms. The molecular weight excluding hydrogens is 308 g/mol.